The number of para-hydroxylation sites is 1. The van der Waals surface area contributed by atoms with Crippen molar-refractivity contribution in [2.75, 3.05) is 0 Å². The van der Waals surface area contributed by atoms with E-state index in [4.69, 9.17) is 0 Å². The van der Waals surface area contributed by atoms with Gasteiger partial charge in [0.15, 0.2) is 0 Å². The number of nitrogens with zero attached hydrogens (tertiary/aromatic N) is 2. The molecule has 36 heavy (non-hydrogen) atoms. The second-order valence-electron chi connectivity index (χ2n) is 8.97. The number of hydrogen-bond acceptors (Lipinski definition) is 3. The minimum atomic E-state index is 0.280. The van der Waals surface area contributed by atoms with Crippen LogP contribution in [0.2, 0.25) is 0 Å². The van der Waals surface area contributed by atoms with E-state index in [1.54, 1.807) is 6.20 Å². The maximum atomic E-state index is 11.2. The fraction of sp³-hybridized carbons (Fsp3) is 0.0625. The lowest BCUT2D eigenvalue weighted by Gasteiger charge is -2.13. The Bertz CT molecular complexity index is 1650. The van der Waals surface area contributed by atoms with Crippen LogP contribution >= 0.6 is 0 Å². The molecule has 0 saturated carbocycles. The van der Waals surface area contributed by atoms with Crippen LogP contribution in [0.15, 0.2) is 116 Å². The second kappa shape index (κ2) is 9.51. The molecule has 0 unspecified atom stereocenters. The summed E-state index contributed by atoms with van der Waals surface area (Å²) in [5.41, 5.74) is 7.05. The van der Waals surface area contributed by atoms with E-state index in [1.807, 2.05) is 67.0 Å². The Morgan fingerprint density at radius 1 is 0.611 bits per heavy atom. The molecule has 0 aliphatic rings. The van der Waals surface area contributed by atoms with Crippen LogP contribution in [0, 0.1) is 0 Å². The number of H-pyrrole nitrogens is 1. The maximum Gasteiger partial charge on any atom is 0.137 e. The molecule has 2 heterocycles. The lowest BCUT2D eigenvalue weighted by molar-refractivity contribution is 0.471. The molecule has 4 aromatic carbocycles. The van der Waals surface area contributed by atoms with Crippen LogP contribution in [0.5, 0.6) is 5.75 Å². The first kappa shape index (κ1) is 21.8. The van der Waals surface area contributed by atoms with Crippen LogP contribution in [-0.2, 0) is 12.8 Å². The van der Waals surface area contributed by atoms with Gasteiger partial charge >= 0.3 is 0 Å². The average Bonchev–Trinajstić information content (AvgIpc) is 3.42. The highest BCUT2D eigenvalue weighted by Gasteiger charge is 2.14. The number of aromatic nitrogens is 3. The zero-order valence-electron chi connectivity index (χ0n) is 19.7. The van der Waals surface area contributed by atoms with E-state index in [2.05, 4.69) is 57.4 Å². The summed E-state index contributed by atoms with van der Waals surface area (Å²) in [6, 6.07) is 32.7. The third-order valence-corrected chi connectivity index (χ3v) is 6.66. The molecule has 6 aromatic rings. The summed E-state index contributed by atoms with van der Waals surface area (Å²) in [5, 5.41) is 13.6. The van der Waals surface area contributed by atoms with Gasteiger partial charge in [0.2, 0.25) is 0 Å². The number of hydrogen-bond donors (Lipinski definition) is 2. The Kier molecular flexibility index (Phi) is 5.76. The van der Waals surface area contributed by atoms with Crippen molar-refractivity contribution in [2.45, 2.75) is 12.8 Å². The summed E-state index contributed by atoms with van der Waals surface area (Å²) in [6.07, 6.45) is 7.06. The second-order valence-corrected chi connectivity index (χ2v) is 8.97. The molecule has 4 nitrogen and oxygen atoms in total. The van der Waals surface area contributed by atoms with Crippen LogP contribution in [0.3, 0.4) is 0 Å². The smallest absolute Gasteiger partial charge is 0.137 e. The van der Waals surface area contributed by atoms with Crippen molar-refractivity contribution in [3.05, 3.63) is 138 Å². The number of phenolic OH excluding ortho intramolecular Hbond substituents is 1. The third-order valence-electron chi connectivity index (χ3n) is 6.66. The van der Waals surface area contributed by atoms with E-state index >= 15 is 0 Å². The summed E-state index contributed by atoms with van der Waals surface area (Å²) < 4.78 is 0. The Morgan fingerprint density at radius 2 is 1.31 bits per heavy atom. The van der Waals surface area contributed by atoms with Gasteiger partial charge in [-0.3, -0.25) is 4.98 Å². The number of rotatable bonds is 6. The molecule has 2 aromatic heterocycles. The van der Waals surface area contributed by atoms with Gasteiger partial charge in [-0.2, -0.15) is 0 Å². The largest absolute Gasteiger partial charge is 0.507 e. The number of phenols is 1. The summed E-state index contributed by atoms with van der Waals surface area (Å²) in [7, 11) is 0. The van der Waals surface area contributed by atoms with Gasteiger partial charge in [0.05, 0.1) is 11.9 Å². The molecular weight excluding hydrogens is 442 g/mol. The standard InChI is InChI=1S/C32H25N3O/c36-31-25(14-8-16-29(31)30-21-34-32(35-30)22-9-2-1-3-10-22)17-23-11-4-5-12-24(23)18-27-20-33-19-26-13-6-7-15-28(26)27/h1-16,19-21,36H,17-18H2,(H,34,35). The molecule has 0 aliphatic carbocycles. The van der Waals surface area contributed by atoms with Gasteiger partial charge in [0.1, 0.15) is 11.6 Å². The van der Waals surface area contributed by atoms with E-state index in [0.29, 0.717) is 6.42 Å². The Balaban J connectivity index is 1.31. The molecule has 6 rings (SSSR count). The van der Waals surface area contributed by atoms with Gasteiger partial charge in [-0.15, -0.1) is 0 Å². The van der Waals surface area contributed by atoms with Crippen molar-refractivity contribution in [1.82, 2.24) is 15.0 Å². The molecule has 174 valence electrons. The first-order valence-electron chi connectivity index (χ1n) is 12.1. The summed E-state index contributed by atoms with van der Waals surface area (Å²) in [4.78, 5) is 12.3. The maximum absolute atomic E-state index is 11.2. The van der Waals surface area contributed by atoms with Crippen LogP contribution < -0.4 is 0 Å². The number of pyridine rings is 1. The molecule has 0 spiro atoms. The van der Waals surface area contributed by atoms with Gasteiger partial charge < -0.3 is 10.1 Å². The van der Waals surface area contributed by atoms with E-state index < -0.39 is 0 Å². The molecule has 0 atom stereocenters. The molecule has 4 heteroatoms. The van der Waals surface area contributed by atoms with Crippen molar-refractivity contribution in [2.24, 2.45) is 0 Å². The highest BCUT2D eigenvalue weighted by atomic mass is 16.3. The monoisotopic (exact) mass is 467 g/mol. The molecule has 0 saturated heterocycles. The first-order chi connectivity index (χ1) is 17.8. The van der Waals surface area contributed by atoms with E-state index in [0.717, 1.165) is 40.0 Å². The highest BCUT2D eigenvalue weighted by Crippen LogP contribution is 2.34. The minimum absolute atomic E-state index is 0.280. The van der Waals surface area contributed by atoms with E-state index in [1.165, 1.54) is 22.1 Å². The van der Waals surface area contributed by atoms with Gasteiger partial charge in [-0.25, -0.2) is 4.98 Å². The van der Waals surface area contributed by atoms with E-state index in [-0.39, 0.29) is 5.75 Å². The van der Waals surface area contributed by atoms with Gasteiger partial charge in [-0.1, -0.05) is 91.0 Å². The molecule has 0 aliphatic heterocycles. The van der Waals surface area contributed by atoms with Crippen LogP contribution in [0.1, 0.15) is 22.3 Å². The fourth-order valence-electron chi connectivity index (χ4n) is 4.78. The lowest BCUT2D eigenvalue weighted by Crippen LogP contribution is -1.99. The number of aromatic amines is 1. The molecule has 0 radical (unpaired) electrons. The first-order valence-corrected chi connectivity index (χ1v) is 12.1. The third kappa shape index (κ3) is 4.25. The summed E-state index contributed by atoms with van der Waals surface area (Å²) in [5.74, 6) is 1.06. The van der Waals surface area contributed by atoms with Crippen LogP contribution in [-0.4, -0.2) is 20.1 Å². The van der Waals surface area contributed by atoms with Crippen molar-refractivity contribution in [1.29, 1.82) is 0 Å². The quantitative estimate of drug-likeness (QED) is 0.273. The van der Waals surface area contributed by atoms with Crippen molar-refractivity contribution >= 4 is 10.8 Å². The zero-order valence-corrected chi connectivity index (χ0v) is 19.7. The Morgan fingerprint density at radius 3 is 2.14 bits per heavy atom. The Hall–Kier alpha value is -4.70. The van der Waals surface area contributed by atoms with Gasteiger partial charge in [0, 0.05) is 35.3 Å². The SMILES string of the molecule is Oc1c(Cc2ccccc2Cc2cncc3ccccc23)cccc1-c1cnc(-c2ccccc2)[nH]1. The molecule has 0 fully saturated rings. The predicted molar refractivity (Wildman–Crippen MR) is 145 cm³/mol. The Labute approximate surface area is 210 Å². The predicted octanol–water partition coefficient (Wildman–Crippen LogP) is 7.18. The fourth-order valence-corrected chi connectivity index (χ4v) is 4.78. The van der Waals surface area contributed by atoms with Crippen molar-refractivity contribution in [3.63, 3.8) is 0 Å². The lowest BCUT2D eigenvalue weighted by atomic mass is 9.93. The van der Waals surface area contributed by atoms with Crippen molar-refractivity contribution < 1.29 is 5.11 Å². The van der Waals surface area contributed by atoms with E-state index in [9.17, 15) is 5.11 Å². The number of benzene rings is 4. The topological polar surface area (TPSA) is 61.8 Å². The summed E-state index contributed by atoms with van der Waals surface area (Å²) >= 11 is 0. The zero-order chi connectivity index (χ0) is 24.3. The van der Waals surface area contributed by atoms with Gasteiger partial charge in [-0.05, 0) is 40.1 Å². The number of fused-ring (bicyclic) bond motifs is 1. The number of nitrogens with one attached hydrogen (secondary N) is 1. The summed E-state index contributed by atoms with van der Waals surface area (Å²) in [6.45, 7) is 0. The van der Waals surface area contributed by atoms with Gasteiger partial charge in [0.25, 0.3) is 0 Å². The van der Waals surface area contributed by atoms with Crippen LogP contribution in [0.4, 0.5) is 0 Å². The molecule has 2 N–H and O–H groups in total. The highest BCUT2D eigenvalue weighted by molar-refractivity contribution is 5.85. The molecule has 0 amide bonds. The number of imidazole rings is 1. The normalized spacial score (nSPS) is 11.1. The van der Waals surface area contributed by atoms with Crippen molar-refractivity contribution in [3.8, 4) is 28.4 Å². The average molecular weight is 468 g/mol. The molecular formula is C32H25N3O. The minimum Gasteiger partial charge on any atom is -0.507 e. The van der Waals surface area contributed by atoms with Crippen LogP contribution in [0.25, 0.3) is 33.4 Å². The number of aromatic hydroxyl groups is 1. The molecule has 0 bridgehead atoms.